The fraction of sp³-hybridized carbons (Fsp3) is 0.0192. The fourth-order valence-corrected chi connectivity index (χ4v) is 8.65. The van der Waals surface area contributed by atoms with E-state index in [1.165, 1.54) is 60.1 Å². The first-order chi connectivity index (χ1) is 27.3. The van der Waals surface area contributed by atoms with Gasteiger partial charge in [-0.3, -0.25) is 0 Å². The number of hydrogen-bond donors (Lipinski definition) is 0. The Morgan fingerprint density at radius 2 is 0.709 bits per heavy atom. The molecule has 10 aromatic rings. The summed E-state index contributed by atoms with van der Waals surface area (Å²) in [6.45, 7) is 0. The van der Waals surface area contributed by atoms with Crippen LogP contribution in [-0.4, -0.2) is 15.0 Å². The van der Waals surface area contributed by atoms with Crippen molar-refractivity contribution in [1.29, 1.82) is 0 Å². The average Bonchev–Trinajstić information content (AvgIpc) is 3.61. The first-order valence-electron chi connectivity index (χ1n) is 18.8. The van der Waals surface area contributed by atoms with Crippen LogP contribution < -0.4 is 0 Å². The number of nitrogens with zero attached hydrogens (tertiary/aromatic N) is 3. The Morgan fingerprint density at radius 3 is 1.35 bits per heavy atom. The van der Waals surface area contributed by atoms with Crippen LogP contribution in [0.25, 0.3) is 88.7 Å². The van der Waals surface area contributed by atoms with E-state index in [9.17, 15) is 0 Å². The van der Waals surface area contributed by atoms with E-state index in [-0.39, 0.29) is 5.92 Å². The van der Waals surface area contributed by atoms with Crippen molar-refractivity contribution in [2.45, 2.75) is 5.92 Å². The molecule has 1 aromatic heterocycles. The third-order valence-electron chi connectivity index (χ3n) is 11.2. The highest BCUT2D eigenvalue weighted by Crippen LogP contribution is 2.48. The van der Waals surface area contributed by atoms with Crippen LogP contribution in [0, 0.1) is 0 Å². The lowest BCUT2D eigenvalue weighted by atomic mass is 9.88. The van der Waals surface area contributed by atoms with E-state index in [0.717, 1.165) is 27.8 Å². The summed E-state index contributed by atoms with van der Waals surface area (Å²) in [4.78, 5) is 15.4. The Kier molecular flexibility index (Phi) is 7.24. The van der Waals surface area contributed by atoms with Gasteiger partial charge in [0.25, 0.3) is 0 Å². The molecule has 0 saturated heterocycles. The number of hydrogen-bond acceptors (Lipinski definition) is 3. The Hall–Kier alpha value is -7.23. The molecule has 0 unspecified atom stereocenters. The molecule has 0 radical (unpaired) electrons. The second kappa shape index (κ2) is 12.7. The van der Waals surface area contributed by atoms with Gasteiger partial charge in [0.15, 0.2) is 17.5 Å². The summed E-state index contributed by atoms with van der Waals surface area (Å²) in [5.74, 6) is 2.08. The molecule has 1 aliphatic rings. The van der Waals surface area contributed by atoms with Crippen molar-refractivity contribution in [3.8, 4) is 56.4 Å². The Morgan fingerprint density at radius 1 is 0.273 bits per heavy atom. The molecular weight excluding hydrogens is 667 g/mol. The van der Waals surface area contributed by atoms with Crippen LogP contribution in [0.4, 0.5) is 0 Å². The van der Waals surface area contributed by atoms with Crippen molar-refractivity contribution in [3.05, 3.63) is 211 Å². The zero-order valence-corrected chi connectivity index (χ0v) is 29.9. The van der Waals surface area contributed by atoms with E-state index in [1.807, 2.05) is 18.2 Å². The first-order valence-corrected chi connectivity index (χ1v) is 18.8. The second-order valence-corrected chi connectivity index (χ2v) is 14.3. The molecule has 0 aliphatic heterocycles. The van der Waals surface area contributed by atoms with Gasteiger partial charge in [-0.25, -0.2) is 15.0 Å². The molecule has 1 heterocycles. The van der Waals surface area contributed by atoms with Crippen molar-refractivity contribution in [2.75, 3.05) is 0 Å². The lowest BCUT2D eigenvalue weighted by Crippen LogP contribution is -2.02. The Bertz CT molecular complexity index is 3030. The molecule has 0 bridgehead atoms. The first kappa shape index (κ1) is 31.3. The molecule has 3 heteroatoms. The van der Waals surface area contributed by atoms with Gasteiger partial charge in [0, 0.05) is 22.6 Å². The smallest absolute Gasteiger partial charge is 0.164 e. The maximum Gasteiger partial charge on any atom is 0.164 e. The minimum absolute atomic E-state index is 0.135. The fourth-order valence-electron chi connectivity index (χ4n) is 8.65. The summed E-state index contributed by atoms with van der Waals surface area (Å²) in [5, 5.41) is 7.59. The monoisotopic (exact) mass is 699 g/mol. The van der Waals surface area contributed by atoms with Gasteiger partial charge in [-0.15, -0.1) is 0 Å². The standard InChI is InChI=1S/C52H33N3/c1-2-14-33(15-3-1)50-53-51(55-52(54-50)38-19-13-17-36(31-38)49-46-26-10-8-23-42(46)43-24-9-11-27-47(43)49)37-18-12-16-34(30-37)35-28-29-45-41-22-5-4-20-39(41)40-21-6-7-25-44(40)48(45)32-35/h1-32,49H. The molecule has 3 nitrogen and oxygen atoms in total. The van der Waals surface area contributed by atoms with Crippen LogP contribution in [0.1, 0.15) is 22.6 Å². The van der Waals surface area contributed by atoms with E-state index in [4.69, 9.17) is 15.0 Å². The van der Waals surface area contributed by atoms with Gasteiger partial charge in [0.2, 0.25) is 0 Å². The van der Waals surface area contributed by atoms with E-state index >= 15 is 0 Å². The van der Waals surface area contributed by atoms with Gasteiger partial charge >= 0.3 is 0 Å². The molecule has 0 spiro atoms. The highest BCUT2D eigenvalue weighted by atomic mass is 15.0. The van der Waals surface area contributed by atoms with Crippen molar-refractivity contribution in [1.82, 2.24) is 15.0 Å². The second-order valence-electron chi connectivity index (χ2n) is 14.3. The molecule has 0 amide bonds. The molecule has 0 N–H and O–H groups in total. The summed E-state index contributed by atoms with van der Waals surface area (Å²) in [7, 11) is 0. The zero-order chi connectivity index (χ0) is 36.3. The topological polar surface area (TPSA) is 38.7 Å². The number of rotatable bonds is 5. The third kappa shape index (κ3) is 5.24. The molecule has 9 aromatic carbocycles. The van der Waals surface area contributed by atoms with Crippen LogP contribution in [0.2, 0.25) is 0 Å². The lowest BCUT2D eigenvalue weighted by Gasteiger charge is -2.16. The minimum atomic E-state index is 0.135. The molecule has 0 fully saturated rings. The largest absolute Gasteiger partial charge is 0.208 e. The van der Waals surface area contributed by atoms with Crippen molar-refractivity contribution in [3.63, 3.8) is 0 Å². The van der Waals surface area contributed by atoms with Crippen LogP contribution in [-0.2, 0) is 0 Å². The Labute approximate surface area is 319 Å². The van der Waals surface area contributed by atoms with Crippen molar-refractivity contribution >= 4 is 32.3 Å². The van der Waals surface area contributed by atoms with E-state index in [1.54, 1.807) is 0 Å². The number of fused-ring (bicyclic) bond motifs is 9. The van der Waals surface area contributed by atoms with Crippen molar-refractivity contribution < 1.29 is 0 Å². The van der Waals surface area contributed by atoms with Crippen LogP contribution in [0.5, 0.6) is 0 Å². The maximum absolute atomic E-state index is 5.19. The summed E-state index contributed by atoms with van der Waals surface area (Å²) in [6.07, 6.45) is 0. The SMILES string of the molecule is c1ccc(-c2nc(-c3cccc(-c4ccc5c6ccccc6c6ccccc6c5c4)c3)nc(-c3cccc(C4c5ccccc5-c5ccccc54)c3)n2)cc1. The van der Waals surface area contributed by atoms with Gasteiger partial charge in [-0.1, -0.05) is 176 Å². The lowest BCUT2D eigenvalue weighted by molar-refractivity contribution is 1.01. The predicted octanol–water partition coefficient (Wildman–Crippen LogP) is 13.2. The van der Waals surface area contributed by atoms with E-state index < -0.39 is 0 Å². The summed E-state index contributed by atoms with van der Waals surface area (Å²) < 4.78 is 0. The van der Waals surface area contributed by atoms with Crippen LogP contribution >= 0.6 is 0 Å². The molecular formula is C52H33N3. The highest BCUT2D eigenvalue weighted by molar-refractivity contribution is 6.25. The van der Waals surface area contributed by atoms with Crippen LogP contribution in [0.15, 0.2) is 194 Å². The maximum atomic E-state index is 5.19. The van der Waals surface area contributed by atoms with Gasteiger partial charge in [0.1, 0.15) is 0 Å². The molecule has 1 aliphatic carbocycles. The summed E-state index contributed by atoms with van der Waals surface area (Å²) in [5.41, 5.74) is 11.6. The average molecular weight is 700 g/mol. The summed E-state index contributed by atoms with van der Waals surface area (Å²) >= 11 is 0. The normalized spacial score (nSPS) is 12.3. The van der Waals surface area contributed by atoms with Gasteiger partial charge < -0.3 is 0 Å². The summed E-state index contributed by atoms with van der Waals surface area (Å²) in [6, 6.07) is 69.3. The highest BCUT2D eigenvalue weighted by Gasteiger charge is 2.29. The van der Waals surface area contributed by atoms with Gasteiger partial charge in [0.05, 0.1) is 0 Å². The quantitative estimate of drug-likeness (QED) is 0.168. The zero-order valence-electron chi connectivity index (χ0n) is 29.9. The van der Waals surface area contributed by atoms with Gasteiger partial charge in [-0.2, -0.15) is 0 Å². The molecule has 0 atom stereocenters. The molecule has 256 valence electrons. The van der Waals surface area contributed by atoms with Crippen LogP contribution in [0.3, 0.4) is 0 Å². The molecule has 55 heavy (non-hydrogen) atoms. The third-order valence-corrected chi connectivity index (χ3v) is 11.2. The van der Waals surface area contributed by atoms with Gasteiger partial charge in [-0.05, 0) is 89.5 Å². The molecule has 0 saturated carbocycles. The molecule has 11 rings (SSSR count). The Balaban J connectivity index is 1.04. The van der Waals surface area contributed by atoms with E-state index in [2.05, 4.69) is 176 Å². The number of aromatic nitrogens is 3. The minimum Gasteiger partial charge on any atom is -0.208 e. The van der Waals surface area contributed by atoms with E-state index in [0.29, 0.717) is 17.5 Å². The predicted molar refractivity (Wildman–Crippen MR) is 227 cm³/mol. The van der Waals surface area contributed by atoms with Crippen molar-refractivity contribution in [2.24, 2.45) is 0 Å². The number of benzene rings is 9.